The van der Waals surface area contributed by atoms with E-state index in [1.54, 1.807) is 0 Å². The first kappa shape index (κ1) is 13.2. The fourth-order valence-corrected chi connectivity index (χ4v) is 0.321. The summed E-state index contributed by atoms with van der Waals surface area (Å²) >= 11 is -0.556. The number of aliphatic hydroxyl groups is 1. The van der Waals surface area contributed by atoms with E-state index in [0.29, 0.717) is 0 Å². The molecule has 0 fully saturated rings. The van der Waals surface area contributed by atoms with Crippen molar-refractivity contribution in [3.05, 3.63) is 30.3 Å². The molecule has 0 aliphatic rings. The maximum absolute atomic E-state index is 7.00. The Kier molecular flexibility index (Phi) is 21.5. The largest absolute Gasteiger partial charge is 0.214 e. The Labute approximate surface area is 78.0 Å². The van der Waals surface area contributed by atoms with E-state index in [-0.39, 0.29) is 0 Å². The Morgan fingerprint density at radius 2 is 1.50 bits per heavy atom. The Hall–Kier alpha value is 0.604. The third kappa shape index (κ3) is 15.8. The Bertz CT molecular complexity index is 82.6. The van der Waals surface area contributed by atoms with E-state index in [0.717, 1.165) is 7.11 Å². The minimum absolute atomic E-state index is 0.556. The summed E-state index contributed by atoms with van der Waals surface area (Å²) in [5.74, 6) is 0. The van der Waals surface area contributed by atoms with Crippen LogP contribution in [0.3, 0.4) is 0 Å². The van der Waals surface area contributed by atoms with Gasteiger partial charge in [-0.25, -0.2) is 12.1 Å². The molecule has 0 unspecified atom stereocenters. The molecular formula is C6H9Cl2OTi-. The van der Waals surface area contributed by atoms with Crippen LogP contribution in [0.15, 0.2) is 30.3 Å². The van der Waals surface area contributed by atoms with Gasteiger partial charge in [-0.15, -0.1) is 0 Å². The summed E-state index contributed by atoms with van der Waals surface area (Å²) in [6.45, 7) is 0. The van der Waals surface area contributed by atoms with E-state index in [1.165, 1.54) is 0 Å². The van der Waals surface area contributed by atoms with Crippen LogP contribution in [0.4, 0.5) is 0 Å². The first-order valence-electron chi connectivity index (χ1n) is 2.49. The first-order valence-corrected chi connectivity index (χ1v) is 6.79. The van der Waals surface area contributed by atoms with Crippen LogP contribution in [0.1, 0.15) is 0 Å². The van der Waals surface area contributed by atoms with Crippen molar-refractivity contribution < 1.29 is 22.1 Å². The van der Waals surface area contributed by atoms with Gasteiger partial charge >= 0.3 is 35.6 Å². The summed E-state index contributed by atoms with van der Waals surface area (Å²) in [6.07, 6.45) is 0. The smallest absolute Gasteiger partial charge is 0.172 e. The number of aliphatic hydroxyl groups excluding tert-OH is 1. The zero-order valence-corrected chi connectivity index (χ0v) is 8.66. The van der Waals surface area contributed by atoms with E-state index in [1.807, 2.05) is 30.3 Å². The van der Waals surface area contributed by atoms with Gasteiger partial charge in [-0.2, -0.15) is 18.2 Å². The molecule has 0 spiro atoms. The van der Waals surface area contributed by atoms with Crippen molar-refractivity contribution in [3.63, 3.8) is 0 Å². The molecule has 1 nitrogen and oxygen atoms in total. The quantitative estimate of drug-likeness (QED) is 0.521. The summed E-state index contributed by atoms with van der Waals surface area (Å²) in [5, 5.41) is 7.00. The Morgan fingerprint density at radius 3 is 1.60 bits per heavy atom. The van der Waals surface area contributed by atoms with Crippen LogP contribution in [-0.2, 0) is 17.0 Å². The summed E-state index contributed by atoms with van der Waals surface area (Å²) in [6, 6.07) is 10.0. The van der Waals surface area contributed by atoms with E-state index < -0.39 is 17.0 Å². The summed E-state index contributed by atoms with van der Waals surface area (Å²) in [5.41, 5.74) is 0. The Balaban J connectivity index is 0. The molecule has 1 aromatic rings. The molecule has 4 heteroatoms. The van der Waals surface area contributed by atoms with Crippen LogP contribution in [0.5, 0.6) is 0 Å². The van der Waals surface area contributed by atoms with Gasteiger partial charge in [-0.1, -0.05) is 0 Å². The maximum Gasteiger partial charge on any atom is -0.172 e. The summed E-state index contributed by atoms with van der Waals surface area (Å²) in [7, 11) is 10.8. The first-order chi connectivity index (χ1) is 4.91. The van der Waals surface area contributed by atoms with Crippen molar-refractivity contribution in [2.75, 3.05) is 7.11 Å². The third-order valence-electron chi connectivity index (χ3n) is 0.556. The molecule has 1 rings (SSSR count). The second-order valence-corrected chi connectivity index (χ2v) is 3.61. The predicted molar refractivity (Wildman–Crippen MR) is 41.9 cm³/mol. The van der Waals surface area contributed by atoms with Crippen LogP contribution in [0.25, 0.3) is 0 Å². The molecule has 0 aromatic heterocycles. The van der Waals surface area contributed by atoms with Crippen molar-refractivity contribution in [2.45, 2.75) is 0 Å². The van der Waals surface area contributed by atoms with Crippen LogP contribution >= 0.6 is 18.6 Å². The average molecular weight is 216 g/mol. The SMILES string of the molecule is CO.[Cl][Ti][Cl].c1cc[cH-]c1. The van der Waals surface area contributed by atoms with E-state index in [4.69, 9.17) is 23.7 Å². The van der Waals surface area contributed by atoms with Crippen molar-refractivity contribution in [2.24, 2.45) is 0 Å². The van der Waals surface area contributed by atoms with Gasteiger partial charge in [0, 0.05) is 7.11 Å². The Morgan fingerprint density at radius 1 is 1.20 bits per heavy atom. The minimum Gasteiger partial charge on any atom is -0.214 e. The standard InChI is InChI=1S/C5H5.CH4O.2ClH.Ti/c1-2-4-5-3-1;1-2;;;/h1-5H;2H,1H3;2*1H;/q-1;;;;+2/p-2. The van der Waals surface area contributed by atoms with Gasteiger partial charge in [-0.3, -0.25) is 0 Å². The van der Waals surface area contributed by atoms with Crippen LogP contribution in [0, 0.1) is 0 Å². The molecular weight excluding hydrogens is 207 g/mol. The molecule has 0 aliphatic heterocycles. The third-order valence-corrected chi connectivity index (χ3v) is 0.556. The molecule has 0 amide bonds. The molecule has 1 N–H and O–H groups in total. The van der Waals surface area contributed by atoms with Crippen LogP contribution in [-0.4, -0.2) is 12.2 Å². The molecule has 58 valence electrons. The zero-order chi connectivity index (χ0) is 8.24. The van der Waals surface area contributed by atoms with Crippen molar-refractivity contribution in [1.82, 2.24) is 0 Å². The molecule has 1 aromatic carbocycles. The molecule has 0 saturated heterocycles. The molecule has 0 saturated carbocycles. The van der Waals surface area contributed by atoms with E-state index in [9.17, 15) is 0 Å². The van der Waals surface area contributed by atoms with Gasteiger partial charge in [-0.05, 0) is 0 Å². The number of hydrogen-bond acceptors (Lipinski definition) is 1. The van der Waals surface area contributed by atoms with Gasteiger partial charge < -0.3 is 5.11 Å². The summed E-state index contributed by atoms with van der Waals surface area (Å²) < 4.78 is 0. The van der Waals surface area contributed by atoms with Gasteiger partial charge in [0.05, 0.1) is 0 Å². The van der Waals surface area contributed by atoms with Gasteiger partial charge in [0.25, 0.3) is 0 Å². The topological polar surface area (TPSA) is 20.2 Å². The number of hydrogen-bond donors (Lipinski definition) is 1. The van der Waals surface area contributed by atoms with Crippen molar-refractivity contribution in [3.8, 4) is 0 Å². The molecule has 0 heterocycles. The van der Waals surface area contributed by atoms with Gasteiger partial charge in [0.2, 0.25) is 0 Å². The number of halogens is 2. The second kappa shape index (κ2) is 16.3. The van der Waals surface area contributed by atoms with E-state index in [2.05, 4.69) is 0 Å². The zero-order valence-electron chi connectivity index (χ0n) is 5.59. The molecule has 0 aliphatic carbocycles. The fourth-order valence-electron chi connectivity index (χ4n) is 0.321. The monoisotopic (exact) mass is 215 g/mol. The average Bonchev–Trinajstić information content (AvgIpc) is 2.48. The van der Waals surface area contributed by atoms with Gasteiger partial charge in [0.1, 0.15) is 0 Å². The molecule has 10 heavy (non-hydrogen) atoms. The maximum atomic E-state index is 7.00. The fraction of sp³-hybridized carbons (Fsp3) is 0.167. The molecule has 0 radical (unpaired) electrons. The number of rotatable bonds is 0. The molecule has 0 bridgehead atoms. The molecule has 0 atom stereocenters. The van der Waals surface area contributed by atoms with Crippen LogP contribution in [0.2, 0.25) is 0 Å². The minimum atomic E-state index is -0.556. The predicted octanol–water partition coefficient (Wildman–Crippen LogP) is 2.39. The van der Waals surface area contributed by atoms with Gasteiger partial charge in [0.15, 0.2) is 0 Å². The van der Waals surface area contributed by atoms with Crippen LogP contribution < -0.4 is 0 Å². The van der Waals surface area contributed by atoms with Crippen molar-refractivity contribution in [1.29, 1.82) is 0 Å². The second-order valence-electron chi connectivity index (χ2n) is 1.03. The van der Waals surface area contributed by atoms with E-state index >= 15 is 0 Å². The normalized spacial score (nSPS) is 6.00. The summed E-state index contributed by atoms with van der Waals surface area (Å²) in [4.78, 5) is 0. The van der Waals surface area contributed by atoms with Crippen molar-refractivity contribution >= 4 is 18.6 Å².